The molecule has 2 aromatic rings. The number of benzene rings is 2. The zero-order valence-corrected chi connectivity index (χ0v) is 17.0. The fraction of sp³-hybridized carbons (Fsp3) is 0.381. The first-order valence-corrected chi connectivity index (χ1v) is 11.4. The Morgan fingerprint density at radius 2 is 1.59 bits per heavy atom. The average molecular weight is 422 g/mol. The molecular weight excluding hydrogens is 398 g/mol. The predicted molar refractivity (Wildman–Crippen MR) is 108 cm³/mol. The molecule has 0 saturated heterocycles. The van der Waals surface area contributed by atoms with Crippen LogP contribution in [0.3, 0.4) is 0 Å². The molecule has 2 N–H and O–H groups in total. The Morgan fingerprint density at radius 3 is 2.14 bits per heavy atom. The number of carbonyl (C=O) groups is 1. The Morgan fingerprint density at radius 1 is 1.00 bits per heavy atom. The highest BCUT2D eigenvalue weighted by Crippen LogP contribution is 2.40. The summed E-state index contributed by atoms with van der Waals surface area (Å²) in [6.07, 6.45) is 5.23. The van der Waals surface area contributed by atoms with Crippen molar-refractivity contribution in [2.45, 2.75) is 44.1 Å². The van der Waals surface area contributed by atoms with Crippen LogP contribution >= 0.6 is 0 Å². The SMILES string of the molecule is CS(=O)(=O)Nc1ccc(C2(C(=O)NCc3cc(F)cc(F)c3)CCCCC2)cc1. The van der Waals surface area contributed by atoms with Crippen LogP contribution in [0.2, 0.25) is 0 Å². The number of hydrogen-bond acceptors (Lipinski definition) is 3. The van der Waals surface area contributed by atoms with E-state index in [1.165, 1.54) is 12.1 Å². The molecule has 0 unspecified atom stereocenters. The van der Waals surface area contributed by atoms with Crippen LogP contribution in [0.1, 0.15) is 43.2 Å². The van der Waals surface area contributed by atoms with E-state index in [9.17, 15) is 22.0 Å². The molecule has 1 aliphatic rings. The van der Waals surface area contributed by atoms with Gasteiger partial charge in [0.05, 0.1) is 11.7 Å². The molecule has 8 heteroatoms. The van der Waals surface area contributed by atoms with Gasteiger partial charge in [-0.05, 0) is 48.2 Å². The van der Waals surface area contributed by atoms with E-state index in [0.29, 0.717) is 24.1 Å². The molecule has 0 bridgehead atoms. The summed E-state index contributed by atoms with van der Waals surface area (Å²) in [7, 11) is -3.38. The third kappa shape index (κ3) is 5.32. The molecule has 0 spiro atoms. The second-order valence-corrected chi connectivity index (χ2v) is 9.30. The molecule has 2 aromatic carbocycles. The van der Waals surface area contributed by atoms with Gasteiger partial charge in [0, 0.05) is 18.3 Å². The summed E-state index contributed by atoms with van der Waals surface area (Å²) in [5, 5.41) is 2.83. The minimum absolute atomic E-state index is 0.0307. The normalized spacial score (nSPS) is 16.2. The van der Waals surface area contributed by atoms with Gasteiger partial charge in [-0.3, -0.25) is 9.52 Å². The fourth-order valence-electron chi connectivity index (χ4n) is 3.94. The lowest BCUT2D eigenvalue weighted by Crippen LogP contribution is -2.45. The van der Waals surface area contributed by atoms with Crippen LogP contribution in [0.25, 0.3) is 0 Å². The molecule has 0 aromatic heterocycles. The molecule has 5 nitrogen and oxygen atoms in total. The smallest absolute Gasteiger partial charge is 0.230 e. The lowest BCUT2D eigenvalue weighted by Gasteiger charge is -2.36. The Bertz CT molecular complexity index is 965. The Kier molecular flexibility index (Phi) is 6.21. The number of anilines is 1. The van der Waals surface area contributed by atoms with Crippen LogP contribution in [0, 0.1) is 11.6 Å². The van der Waals surface area contributed by atoms with E-state index in [0.717, 1.165) is 37.1 Å². The Balaban J connectivity index is 1.81. The van der Waals surface area contributed by atoms with Crippen LogP contribution in [0.4, 0.5) is 14.5 Å². The van der Waals surface area contributed by atoms with Crippen LogP contribution in [-0.4, -0.2) is 20.6 Å². The highest BCUT2D eigenvalue weighted by Gasteiger charge is 2.40. The average Bonchev–Trinajstić information content (AvgIpc) is 2.65. The van der Waals surface area contributed by atoms with Crippen molar-refractivity contribution in [3.05, 3.63) is 65.2 Å². The summed E-state index contributed by atoms with van der Waals surface area (Å²) >= 11 is 0. The Hall–Kier alpha value is -2.48. The topological polar surface area (TPSA) is 75.3 Å². The lowest BCUT2D eigenvalue weighted by atomic mass is 9.68. The van der Waals surface area contributed by atoms with E-state index >= 15 is 0 Å². The van der Waals surface area contributed by atoms with Gasteiger partial charge in [-0.15, -0.1) is 0 Å². The first kappa shape index (κ1) is 21.2. The van der Waals surface area contributed by atoms with Crippen molar-refractivity contribution >= 4 is 21.6 Å². The number of sulfonamides is 1. The summed E-state index contributed by atoms with van der Waals surface area (Å²) < 4.78 is 52.0. The monoisotopic (exact) mass is 422 g/mol. The molecule has 3 rings (SSSR count). The van der Waals surface area contributed by atoms with Gasteiger partial charge in [-0.2, -0.15) is 0 Å². The summed E-state index contributed by atoms with van der Waals surface area (Å²) in [5.74, 6) is -1.56. The van der Waals surface area contributed by atoms with Gasteiger partial charge in [-0.1, -0.05) is 31.4 Å². The maximum absolute atomic E-state index is 13.4. The van der Waals surface area contributed by atoms with E-state index in [1.54, 1.807) is 24.3 Å². The lowest BCUT2D eigenvalue weighted by molar-refractivity contribution is -0.128. The second-order valence-electron chi connectivity index (χ2n) is 7.55. The third-order valence-electron chi connectivity index (χ3n) is 5.26. The van der Waals surface area contributed by atoms with Crippen molar-refractivity contribution in [3.63, 3.8) is 0 Å². The molecule has 156 valence electrons. The fourth-order valence-corrected chi connectivity index (χ4v) is 4.50. The number of rotatable bonds is 6. The highest BCUT2D eigenvalue weighted by molar-refractivity contribution is 7.92. The molecular formula is C21H24F2N2O3S. The van der Waals surface area contributed by atoms with Crippen molar-refractivity contribution in [1.82, 2.24) is 5.32 Å². The summed E-state index contributed by atoms with van der Waals surface area (Å²) in [6.45, 7) is 0.0307. The summed E-state index contributed by atoms with van der Waals surface area (Å²) in [5.41, 5.74) is 0.847. The van der Waals surface area contributed by atoms with Crippen molar-refractivity contribution in [1.29, 1.82) is 0 Å². The molecule has 0 atom stereocenters. The number of hydrogen-bond donors (Lipinski definition) is 2. The first-order valence-electron chi connectivity index (χ1n) is 9.50. The zero-order valence-electron chi connectivity index (χ0n) is 16.2. The molecule has 1 amide bonds. The summed E-state index contributed by atoms with van der Waals surface area (Å²) in [4.78, 5) is 13.2. The van der Waals surface area contributed by atoms with Crippen molar-refractivity contribution < 1.29 is 22.0 Å². The highest BCUT2D eigenvalue weighted by atomic mass is 32.2. The first-order chi connectivity index (χ1) is 13.7. The molecule has 1 saturated carbocycles. The van der Waals surface area contributed by atoms with Crippen LogP contribution in [-0.2, 0) is 26.8 Å². The van der Waals surface area contributed by atoms with Gasteiger partial charge in [0.2, 0.25) is 15.9 Å². The largest absolute Gasteiger partial charge is 0.351 e. The van der Waals surface area contributed by atoms with Crippen LogP contribution < -0.4 is 10.0 Å². The van der Waals surface area contributed by atoms with Crippen LogP contribution in [0.5, 0.6) is 0 Å². The molecule has 0 radical (unpaired) electrons. The zero-order chi connectivity index (χ0) is 21.1. The maximum atomic E-state index is 13.4. The number of nitrogens with one attached hydrogen (secondary N) is 2. The van der Waals surface area contributed by atoms with Gasteiger partial charge in [-0.25, -0.2) is 17.2 Å². The number of carbonyl (C=O) groups excluding carboxylic acids is 1. The molecule has 1 aliphatic carbocycles. The molecule has 0 aliphatic heterocycles. The maximum Gasteiger partial charge on any atom is 0.230 e. The molecule has 0 heterocycles. The molecule has 1 fully saturated rings. The molecule has 29 heavy (non-hydrogen) atoms. The van der Waals surface area contributed by atoms with Gasteiger partial charge in [0.15, 0.2) is 0 Å². The minimum atomic E-state index is -3.38. The van der Waals surface area contributed by atoms with Crippen molar-refractivity contribution in [2.24, 2.45) is 0 Å². The Labute approximate surface area is 169 Å². The van der Waals surface area contributed by atoms with Gasteiger partial charge < -0.3 is 5.32 Å². The third-order valence-corrected chi connectivity index (χ3v) is 5.86. The van der Waals surface area contributed by atoms with E-state index < -0.39 is 27.1 Å². The minimum Gasteiger partial charge on any atom is -0.351 e. The number of halogens is 2. The van der Waals surface area contributed by atoms with Crippen LogP contribution in [0.15, 0.2) is 42.5 Å². The van der Waals surface area contributed by atoms with E-state index in [4.69, 9.17) is 0 Å². The van der Waals surface area contributed by atoms with Crippen molar-refractivity contribution in [3.8, 4) is 0 Å². The standard InChI is InChI=1S/C21H24F2N2O3S/c1-29(27,28)25-19-7-5-16(6-8-19)21(9-3-2-4-10-21)20(26)24-14-15-11-17(22)13-18(23)12-15/h5-8,11-13,25H,2-4,9-10,14H2,1H3,(H,24,26). The van der Waals surface area contributed by atoms with Gasteiger partial charge in [0.25, 0.3) is 0 Å². The second kappa shape index (κ2) is 8.49. The van der Waals surface area contributed by atoms with E-state index in [2.05, 4.69) is 10.0 Å². The van der Waals surface area contributed by atoms with Crippen molar-refractivity contribution in [2.75, 3.05) is 11.0 Å². The van der Waals surface area contributed by atoms with E-state index in [-0.39, 0.29) is 12.5 Å². The van der Waals surface area contributed by atoms with Gasteiger partial charge >= 0.3 is 0 Å². The van der Waals surface area contributed by atoms with Gasteiger partial charge in [0.1, 0.15) is 11.6 Å². The quantitative estimate of drug-likeness (QED) is 0.742. The predicted octanol–water partition coefficient (Wildman–Crippen LogP) is 3.85. The number of amides is 1. The summed E-state index contributed by atoms with van der Waals surface area (Å²) in [6, 6.07) is 10.00. The van der Waals surface area contributed by atoms with E-state index in [1.807, 2.05) is 0 Å².